The fraction of sp³-hybridized carbons (Fsp3) is 0.421. The molecule has 1 aliphatic rings. The average molecular weight is 359 g/mol. The van der Waals surface area contributed by atoms with Crippen molar-refractivity contribution < 1.29 is 8.42 Å². The monoisotopic (exact) mass is 359 g/mol. The van der Waals surface area contributed by atoms with Crippen molar-refractivity contribution in [3.63, 3.8) is 0 Å². The van der Waals surface area contributed by atoms with Crippen molar-refractivity contribution in [3.05, 3.63) is 53.7 Å². The van der Waals surface area contributed by atoms with Crippen LogP contribution in [0.1, 0.15) is 30.9 Å². The molecule has 1 aromatic heterocycles. The maximum atomic E-state index is 12.5. The number of anilines is 1. The van der Waals surface area contributed by atoms with Crippen LogP contribution in [-0.4, -0.2) is 37.3 Å². The van der Waals surface area contributed by atoms with E-state index in [2.05, 4.69) is 41.5 Å². The van der Waals surface area contributed by atoms with Gasteiger partial charge in [0.1, 0.15) is 10.7 Å². The quantitative estimate of drug-likeness (QED) is 0.825. The van der Waals surface area contributed by atoms with Crippen molar-refractivity contribution in [2.45, 2.75) is 37.5 Å². The van der Waals surface area contributed by atoms with Crippen LogP contribution < -0.4 is 5.32 Å². The Morgan fingerprint density at radius 3 is 2.32 bits per heavy atom. The van der Waals surface area contributed by atoms with Crippen LogP contribution >= 0.6 is 0 Å². The summed E-state index contributed by atoms with van der Waals surface area (Å²) in [4.78, 5) is 4.53. The number of pyridine rings is 1. The average Bonchev–Trinajstić information content (AvgIpc) is 3.18. The Hall–Kier alpha value is -1.92. The Balaban J connectivity index is 1.55. The summed E-state index contributed by atoms with van der Waals surface area (Å²) in [6.45, 7) is 4.13. The Kier molecular flexibility index (Phi) is 5.71. The van der Waals surface area contributed by atoms with Crippen molar-refractivity contribution in [2.24, 2.45) is 0 Å². The lowest BCUT2D eigenvalue weighted by molar-refractivity contribution is 0.477. The van der Waals surface area contributed by atoms with E-state index < -0.39 is 10.0 Å². The normalized spacial score (nSPS) is 15.4. The number of aromatic nitrogens is 1. The van der Waals surface area contributed by atoms with Gasteiger partial charge in [-0.05, 0) is 48.9 Å². The zero-order valence-corrected chi connectivity index (χ0v) is 15.4. The molecule has 0 atom stereocenters. The van der Waals surface area contributed by atoms with E-state index in [1.165, 1.54) is 21.6 Å². The van der Waals surface area contributed by atoms with Crippen LogP contribution in [0.3, 0.4) is 0 Å². The largest absolute Gasteiger partial charge is 0.370 e. The molecule has 0 bridgehead atoms. The van der Waals surface area contributed by atoms with E-state index in [-0.39, 0.29) is 4.90 Å². The summed E-state index contributed by atoms with van der Waals surface area (Å²) in [7, 11) is -3.38. The lowest BCUT2D eigenvalue weighted by atomic mass is 10.1. The Labute approximate surface area is 150 Å². The summed E-state index contributed by atoms with van der Waals surface area (Å²) < 4.78 is 26.5. The van der Waals surface area contributed by atoms with Crippen LogP contribution in [0, 0.1) is 0 Å². The zero-order chi connectivity index (χ0) is 17.7. The molecule has 0 aliphatic carbocycles. The summed E-state index contributed by atoms with van der Waals surface area (Å²) in [6, 6.07) is 12.0. The fourth-order valence-electron chi connectivity index (χ4n) is 2.99. The van der Waals surface area contributed by atoms with Gasteiger partial charge < -0.3 is 5.32 Å². The number of hydrogen-bond donors (Lipinski definition) is 1. The Morgan fingerprint density at radius 2 is 1.72 bits per heavy atom. The second-order valence-corrected chi connectivity index (χ2v) is 8.28. The number of nitrogens with zero attached hydrogens (tertiary/aromatic N) is 2. The van der Waals surface area contributed by atoms with E-state index in [9.17, 15) is 8.42 Å². The summed E-state index contributed by atoms with van der Waals surface area (Å²) in [5.74, 6) is 0.700. The van der Waals surface area contributed by atoms with Gasteiger partial charge in [0.15, 0.2) is 0 Å². The topological polar surface area (TPSA) is 62.3 Å². The minimum atomic E-state index is -3.38. The highest BCUT2D eigenvalue weighted by molar-refractivity contribution is 7.89. The van der Waals surface area contributed by atoms with E-state index in [1.807, 2.05) is 0 Å². The third-order valence-corrected chi connectivity index (χ3v) is 6.47. The first-order valence-electron chi connectivity index (χ1n) is 8.87. The van der Waals surface area contributed by atoms with Gasteiger partial charge in [0, 0.05) is 25.8 Å². The smallest absolute Gasteiger partial charge is 0.244 e. The van der Waals surface area contributed by atoms with Crippen LogP contribution in [0.2, 0.25) is 0 Å². The molecule has 0 unspecified atom stereocenters. The standard InChI is InChI=1S/C19H25N3O2S/c1-2-16-5-7-17(8-6-16)11-12-20-19-10-9-18(15-21-19)25(23,24)22-13-3-4-14-22/h5-10,15H,2-4,11-14H2,1H3,(H,20,21). The molecule has 134 valence electrons. The van der Waals surface area contributed by atoms with Gasteiger partial charge in [0.2, 0.25) is 10.0 Å². The molecule has 5 nitrogen and oxygen atoms in total. The second kappa shape index (κ2) is 7.97. The number of sulfonamides is 1. The first-order valence-corrected chi connectivity index (χ1v) is 10.3. The first kappa shape index (κ1) is 17.9. The van der Waals surface area contributed by atoms with Gasteiger partial charge in [-0.2, -0.15) is 4.31 Å². The molecule has 6 heteroatoms. The van der Waals surface area contributed by atoms with Gasteiger partial charge in [-0.15, -0.1) is 0 Å². The number of aryl methyl sites for hydroxylation is 1. The molecule has 1 aliphatic heterocycles. The molecule has 25 heavy (non-hydrogen) atoms. The molecule has 0 spiro atoms. The molecule has 3 rings (SSSR count). The SMILES string of the molecule is CCc1ccc(CCNc2ccc(S(=O)(=O)N3CCCC3)cn2)cc1. The lowest BCUT2D eigenvalue weighted by Gasteiger charge is -2.15. The van der Waals surface area contributed by atoms with Crippen LogP contribution in [0.15, 0.2) is 47.5 Å². The van der Waals surface area contributed by atoms with Crippen LogP contribution in [0.4, 0.5) is 5.82 Å². The van der Waals surface area contributed by atoms with Crippen molar-refractivity contribution >= 4 is 15.8 Å². The summed E-state index contributed by atoms with van der Waals surface area (Å²) in [5, 5.41) is 3.25. The maximum absolute atomic E-state index is 12.5. The Morgan fingerprint density at radius 1 is 1.04 bits per heavy atom. The summed E-state index contributed by atoms with van der Waals surface area (Å²) in [6.07, 6.45) is 5.28. The predicted octanol–water partition coefficient (Wildman–Crippen LogP) is 3.08. The minimum absolute atomic E-state index is 0.273. The van der Waals surface area contributed by atoms with Gasteiger partial charge in [-0.3, -0.25) is 0 Å². The van der Waals surface area contributed by atoms with Crippen molar-refractivity contribution in [2.75, 3.05) is 25.0 Å². The molecule has 0 saturated carbocycles. The van der Waals surface area contributed by atoms with Crippen LogP contribution in [0.5, 0.6) is 0 Å². The number of benzene rings is 1. The van der Waals surface area contributed by atoms with Crippen molar-refractivity contribution in [1.29, 1.82) is 0 Å². The van der Waals surface area contributed by atoms with Gasteiger partial charge in [0.05, 0.1) is 0 Å². The third kappa shape index (κ3) is 4.38. The molecule has 1 fully saturated rings. The highest BCUT2D eigenvalue weighted by Crippen LogP contribution is 2.20. The van der Waals surface area contributed by atoms with Gasteiger partial charge in [-0.25, -0.2) is 13.4 Å². The van der Waals surface area contributed by atoms with Crippen molar-refractivity contribution in [1.82, 2.24) is 9.29 Å². The summed E-state index contributed by atoms with van der Waals surface area (Å²) in [5.41, 5.74) is 2.62. The van der Waals surface area contributed by atoms with Gasteiger partial charge >= 0.3 is 0 Å². The molecule has 2 heterocycles. The van der Waals surface area contributed by atoms with Crippen LogP contribution in [-0.2, 0) is 22.9 Å². The molecule has 1 saturated heterocycles. The molecular weight excluding hydrogens is 334 g/mol. The number of hydrogen-bond acceptors (Lipinski definition) is 4. The minimum Gasteiger partial charge on any atom is -0.370 e. The molecular formula is C19H25N3O2S. The molecule has 0 amide bonds. The molecule has 2 aromatic rings. The van der Waals surface area contributed by atoms with E-state index in [1.54, 1.807) is 12.1 Å². The number of nitrogens with one attached hydrogen (secondary N) is 1. The molecule has 1 aromatic carbocycles. The fourth-order valence-corrected chi connectivity index (χ4v) is 4.45. The maximum Gasteiger partial charge on any atom is 0.244 e. The predicted molar refractivity (Wildman–Crippen MR) is 100 cm³/mol. The third-order valence-electron chi connectivity index (χ3n) is 4.59. The van der Waals surface area contributed by atoms with Gasteiger partial charge in [0.25, 0.3) is 0 Å². The first-order chi connectivity index (χ1) is 12.1. The molecule has 0 radical (unpaired) electrons. The van der Waals surface area contributed by atoms with E-state index >= 15 is 0 Å². The molecule has 1 N–H and O–H groups in total. The van der Waals surface area contributed by atoms with Crippen molar-refractivity contribution in [3.8, 4) is 0 Å². The highest BCUT2D eigenvalue weighted by atomic mass is 32.2. The van der Waals surface area contributed by atoms with E-state index in [0.717, 1.165) is 32.2 Å². The zero-order valence-electron chi connectivity index (χ0n) is 14.6. The van der Waals surface area contributed by atoms with E-state index in [4.69, 9.17) is 0 Å². The highest BCUT2D eigenvalue weighted by Gasteiger charge is 2.27. The van der Waals surface area contributed by atoms with E-state index in [0.29, 0.717) is 18.9 Å². The van der Waals surface area contributed by atoms with Gasteiger partial charge in [-0.1, -0.05) is 31.2 Å². The second-order valence-electron chi connectivity index (χ2n) is 6.34. The summed E-state index contributed by atoms with van der Waals surface area (Å²) >= 11 is 0. The Bertz CT molecular complexity index is 780. The lowest BCUT2D eigenvalue weighted by Crippen LogP contribution is -2.27. The number of rotatable bonds is 7. The van der Waals surface area contributed by atoms with Crippen LogP contribution in [0.25, 0.3) is 0 Å².